The Labute approximate surface area is 79.4 Å². The van der Waals surface area contributed by atoms with Gasteiger partial charge in [-0.3, -0.25) is 0 Å². The maximum atomic E-state index is 12.3. The van der Waals surface area contributed by atoms with Crippen LogP contribution in [-0.2, 0) is 4.74 Å². The molecule has 1 aliphatic carbocycles. The Morgan fingerprint density at radius 1 is 1.57 bits per heavy atom. The van der Waals surface area contributed by atoms with E-state index in [1.165, 1.54) is 0 Å². The average molecular weight is 215 g/mol. The highest BCUT2D eigenvalue weighted by Gasteiger charge is 2.49. The van der Waals surface area contributed by atoms with Crippen molar-refractivity contribution in [2.45, 2.75) is 31.2 Å². The van der Waals surface area contributed by atoms with Gasteiger partial charge in [-0.1, -0.05) is 6.92 Å². The lowest BCUT2D eigenvalue weighted by Gasteiger charge is -2.17. The predicted molar refractivity (Wildman–Crippen MR) is 42.5 cm³/mol. The maximum Gasteiger partial charge on any atom is 0.330 e. The molecule has 1 fully saturated rings. The Morgan fingerprint density at radius 3 is 2.43 bits per heavy atom. The van der Waals surface area contributed by atoms with E-state index in [0.29, 0.717) is 6.42 Å². The van der Waals surface area contributed by atoms with Gasteiger partial charge in [0.05, 0.1) is 6.61 Å². The van der Waals surface area contributed by atoms with Gasteiger partial charge >= 0.3 is 12.3 Å². The molecule has 0 aromatic heterocycles. The molecule has 0 amide bonds. The highest BCUT2D eigenvalue weighted by atomic mass is 19.3. The highest BCUT2D eigenvalue weighted by Crippen LogP contribution is 2.40. The normalized spacial score (nSPS) is 32.4. The maximum absolute atomic E-state index is 12.3. The van der Waals surface area contributed by atoms with Crippen LogP contribution in [0.1, 0.15) is 13.3 Å². The second-order valence-electron chi connectivity index (χ2n) is 3.89. The number of halogens is 4. The van der Waals surface area contributed by atoms with Crippen LogP contribution in [0.5, 0.6) is 0 Å². The van der Waals surface area contributed by atoms with Gasteiger partial charge in [0, 0.05) is 5.54 Å². The van der Waals surface area contributed by atoms with Gasteiger partial charge in [0.15, 0.2) is 0 Å². The third-order valence-electron chi connectivity index (χ3n) is 2.49. The largest absolute Gasteiger partial charge is 0.373 e. The van der Waals surface area contributed by atoms with Crippen LogP contribution >= 0.6 is 0 Å². The minimum atomic E-state index is -4.07. The summed E-state index contributed by atoms with van der Waals surface area (Å²) in [5.74, 6) is -3.86. The topological polar surface area (TPSA) is 35.2 Å². The molecule has 0 spiro atoms. The van der Waals surface area contributed by atoms with E-state index in [9.17, 15) is 17.6 Å². The van der Waals surface area contributed by atoms with Crippen molar-refractivity contribution in [3.05, 3.63) is 0 Å². The van der Waals surface area contributed by atoms with Crippen molar-refractivity contribution in [3.8, 4) is 0 Å². The summed E-state index contributed by atoms with van der Waals surface area (Å²) in [4.78, 5) is 0. The van der Waals surface area contributed by atoms with Gasteiger partial charge in [-0.05, 0) is 12.3 Å². The van der Waals surface area contributed by atoms with Crippen LogP contribution < -0.4 is 5.73 Å². The van der Waals surface area contributed by atoms with Crippen molar-refractivity contribution in [3.63, 3.8) is 0 Å². The van der Waals surface area contributed by atoms with E-state index in [2.05, 4.69) is 4.74 Å². The van der Waals surface area contributed by atoms with Crippen LogP contribution in [0.15, 0.2) is 0 Å². The molecule has 0 radical (unpaired) electrons. The van der Waals surface area contributed by atoms with Gasteiger partial charge < -0.3 is 10.5 Å². The number of hydrogen-bond donors (Lipinski definition) is 1. The van der Waals surface area contributed by atoms with Gasteiger partial charge in [0.2, 0.25) is 0 Å². The summed E-state index contributed by atoms with van der Waals surface area (Å²) < 4.78 is 52.5. The standard InChI is InChI=1S/C8H13F4NO/c1-5-2-7(5,13)3-14-4-8(11,12)6(9)10/h5-6H,2-4,13H2,1H3. The van der Waals surface area contributed by atoms with Crippen LogP contribution in [0.4, 0.5) is 17.6 Å². The van der Waals surface area contributed by atoms with E-state index >= 15 is 0 Å². The first-order chi connectivity index (χ1) is 6.28. The Kier molecular flexibility index (Phi) is 3.06. The second kappa shape index (κ2) is 3.66. The molecule has 0 aromatic rings. The van der Waals surface area contributed by atoms with Gasteiger partial charge in [-0.15, -0.1) is 0 Å². The van der Waals surface area contributed by atoms with Crippen LogP contribution in [0.25, 0.3) is 0 Å². The van der Waals surface area contributed by atoms with Gasteiger partial charge in [0.1, 0.15) is 6.61 Å². The van der Waals surface area contributed by atoms with Crippen molar-refractivity contribution in [1.82, 2.24) is 0 Å². The van der Waals surface area contributed by atoms with E-state index in [1.807, 2.05) is 6.92 Å². The molecule has 0 aliphatic heterocycles. The minimum Gasteiger partial charge on any atom is -0.373 e. The van der Waals surface area contributed by atoms with Crippen LogP contribution in [0.2, 0.25) is 0 Å². The fourth-order valence-electron chi connectivity index (χ4n) is 1.15. The van der Waals surface area contributed by atoms with E-state index in [1.54, 1.807) is 0 Å². The van der Waals surface area contributed by atoms with Crippen molar-refractivity contribution < 1.29 is 22.3 Å². The first-order valence-corrected chi connectivity index (χ1v) is 4.30. The number of hydrogen-bond acceptors (Lipinski definition) is 2. The number of ether oxygens (including phenoxy) is 1. The van der Waals surface area contributed by atoms with Crippen molar-refractivity contribution in [2.75, 3.05) is 13.2 Å². The van der Waals surface area contributed by atoms with Gasteiger partial charge in [0.25, 0.3) is 0 Å². The van der Waals surface area contributed by atoms with Crippen LogP contribution in [0.3, 0.4) is 0 Å². The molecule has 2 nitrogen and oxygen atoms in total. The Balaban J connectivity index is 2.22. The molecule has 0 bridgehead atoms. The monoisotopic (exact) mass is 215 g/mol. The quantitative estimate of drug-likeness (QED) is 0.707. The van der Waals surface area contributed by atoms with E-state index in [4.69, 9.17) is 5.73 Å². The summed E-state index contributed by atoms with van der Waals surface area (Å²) in [5.41, 5.74) is 5.05. The molecule has 6 heteroatoms. The van der Waals surface area contributed by atoms with Gasteiger partial charge in [-0.2, -0.15) is 8.78 Å². The third-order valence-corrected chi connectivity index (χ3v) is 2.49. The van der Waals surface area contributed by atoms with Crippen molar-refractivity contribution in [1.29, 1.82) is 0 Å². The average Bonchev–Trinajstić information content (AvgIpc) is 2.58. The van der Waals surface area contributed by atoms with E-state index in [-0.39, 0.29) is 12.5 Å². The molecule has 1 rings (SSSR count). The summed E-state index contributed by atoms with van der Waals surface area (Å²) in [6.07, 6.45) is -3.00. The predicted octanol–water partition coefficient (Wildman–Crippen LogP) is 1.64. The summed E-state index contributed by atoms with van der Waals surface area (Å²) >= 11 is 0. The summed E-state index contributed by atoms with van der Waals surface area (Å²) in [6.45, 7) is 0.501. The molecular weight excluding hydrogens is 202 g/mol. The van der Waals surface area contributed by atoms with E-state index in [0.717, 1.165) is 0 Å². The zero-order chi connectivity index (χ0) is 11.0. The van der Waals surface area contributed by atoms with Crippen molar-refractivity contribution >= 4 is 0 Å². The first-order valence-electron chi connectivity index (χ1n) is 4.30. The summed E-state index contributed by atoms with van der Waals surface area (Å²) in [7, 11) is 0. The molecule has 84 valence electrons. The minimum absolute atomic E-state index is 0.0868. The fraction of sp³-hybridized carbons (Fsp3) is 1.00. The molecule has 0 aromatic carbocycles. The molecule has 1 aliphatic rings. The molecule has 2 N–H and O–H groups in total. The van der Waals surface area contributed by atoms with E-state index < -0.39 is 24.5 Å². The Morgan fingerprint density at radius 2 is 2.07 bits per heavy atom. The molecule has 2 unspecified atom stereocenters. The second-order valence-corrected chi connectivity index (χ2v) is 3.89. The number of nitrogens with two attached hydrogens (primary N) is 1. The smallest absolute Gasteiger partial charge is 0.330 e. The lowest BCUT2D eigenvalue weighted by atomic mass is 10.2. The van der Waals surface area contributed by atoms with Crippen LogP contribution in [0, 0.1) is 5.92 Å². The molecule has 0 saturated heterocycles. The number of alkyl halides is 4. The molecule has 1 saturated carbocycles. The Bertz CT molecular complexity index is 212. The SMILES string of the molecule is CC1CC1(N)COCC(F)(F)C(F)F. The molecule has 0 heterocycles. The molecular formula is C8H13F4NO. The molecule has 2 atom stereocenters. The summed E-state index contributed by atoms with van der Waals surface area (Å²) in [6, 6.07) is 0. The first kappa shape index (κ1) is 11.7. The zero-order valence-corrected chi connectivity index (χ0v) is 7.77. The Hall–Kier alpha value is -0.360. The lowest BCUT2D eigenvalue weighted by molar-refractivity contribution is -0.167. The zero-order valence-electron chi connectivity index (χ0n) is 7.77. The number of rotatable bonds is 5. The molecule has 14 heavy (non-hydrogen) atoms. The third kappa shape index (κ3) is 2.57. The van der Waals surface area contributed by atoms with Gasteiger partial charge in [-0.25, -0.2) is 8.78 Å². The highest BCUT2D eigenvalue weighted by molar-refractivity contribution is 5.05. The fourth-order valence-corrected chi connectivity index (χ4v) is 1.15. The summed E-state index contributed by atoms with van der Waals surface area (Å²) in [5, 5.41) is 0. The van der Waals surface area contributed by atoms with Crippen molar-refractivity contribution in [2.24, 2.45) is 11.7 Å². The lowest BCUT2D eigenvalue weighted by Crippen LogP contribution is -2.37. The van der Waals surface area contributed by atoms with Crippen LogP contribution in [-0.4, -0.2) is 31.1 Å².